The van der Waals surface area contributed by atoms with E-state index in [0.29, 0.717) is 17.7 Å². The van der Waals surface area contributed by atoms with Gasteiger partial charge in [0.25, 0.3) is 11.8 Å². The number of nitrogens with one attached hydrogen (secondary N) is 2. The predicted octanol–water partition coefficient (Wildman–Crippen LogP) is 7.02. The number of benzene rings is 3. The summed E-state index contributed by atoms with van der Waals surface area (Å²) in [5.74, 6) is -3.65. The molecule has 0 saturated heterocycles. The van der Waals surface area contributed by atoms with Gasteiger partial charge in [-0.3, -0.25) is 24.1 Å². The van der Waals surface area contributed by atoms with Gasteiger partial charge in [0.2, 0.25) is 11.6 Å². The summed E-state index contributed by atoms with van der Waals surface area (Å²) in [6.07, 6.45) is 4.58. The Bertz CT molecular complexity index is 2200. The zero-order chi connectivity index (χ0) is 44.9. The number of fused-ring (bicyclic) bond motifs is 2. The molecule has 0 fully saturated rings. The molecule has 3 aromatic rings. The van der Waals surface area contributed by atoms with Gasteiger partial charge >= 0.3 is 6.09 Å². The van der Waals surface area contributed by atoms with Gasteiger partial charge in [-0.25, -0.2) is 4.79 Å². The molecule has 326 valence electrons. The summed E-state index contributed by atoms with van der Waals surface area (Å²) in [5, 5.41) is 16.8. The van der Waals surface area contributed by atoms with Crippen molar-refractivity contribution >= 4 is 29.5 Å². The van der Waals surface area contributed by atoms with Crippen molar-refractivity contribution in [2.75, 3.05) is 7.11 Å². The van der Waals surface area contributed by atoms with Gasteiger partial charge in [-0.05, 0) is 67.0 Å². The lowest BCUT2D eigenvalue weighted by Crippen LogP contribution is -2.38. The van der Waals surface area contributed by atoms with Crippen molar-refractivity contribution in [3.8, 4) is 0 Å². The van der Waals surface area contributed by atoms with Crippen LogP contribution in [0.25, 0.3) is 0 Å². The number of amides is 3. The highest BCUT2D eigenvalue weighted by molar-refractivity contribution is 6.24. The quantitative estimate of drug-likeness (QED) is 0.124. The van der Waals surface area contributed by atoms with Gasteiger partial charge in [0.15, 0.2) is 0 Å². The van der Waals surface area contributed by atoms with Gasteiger partial charge < -0.3 is 30.9 Å². The number of rotatable bonds is 10. The number of aliphatic hydroxyl groups is 1. The van der Waals surface area contributed by atoms with Crippen LogP contribution < -0.4 is 16.4 Å². The number of carbonyl (C=O) groups excluding carboxylic acids is 5. The minimum atomic E-state index is -1.01. The fraction of sp³-hybridized carbons (Fsp3) is 0.340. The third-order valence-electron chi connectivity index (χ3n) is 11.2. The summed E-state index contributed by atoms with van der Waals surface area (Å²) in [6, 6.07) is 27.6. The maximum atomic E-state index is 14.2. The van der Waals surface area contributed by atoms with E-state index in [1.807, 2.05) is 69.3 Å². The second kappa shape index (κ2) is 22.1. The molecule has 0 aromatic heterocycles. The number of allylic oxidation sites excluding steroid dienone is 4. The van der Waals surface area contributed by atoms with Crippen LogP contribution in [0.2, 0.25) is 0 Å². The van der Waals surface area contributed by atoms with Crippen LogP contribution in [0.5, 0.6) is 0 Å². The molecule has 0 spiro atoms. The zero-order valence-corrected chi connectivity index (χ0v) is 36.3. The summed E-state index contributed by atoms with van der Waals surface area (Å²) in [7, 11) is 1.48. The van der Waals surface area contributed by atoms with Crippen molar-refractivity contribution < 1.29 is 38.6 Å². The van der Waals surface area contributed by atoms with Crippen molar-refractivity contribution in [3.05, 3.63) is 166 Å². The van der Waals surface area contributed by atoms with Crippen molar-refractivity contribution in [3.63, 3.8) is 0 Å². The summed E-state index contributed by atoms with van der Waals surface area (Å²) in [6.45, 7) is 10.9. The first kappa shape index (κ1) is 46.8. The van der Waals surface area contributed by atoms with Crippen LogP contribution in [0, 0.1) is 17.8 Å². The van der Waals surface area contributed by atoms with Crippen LogP contribution in [-0.4, -0.2) is 64.9 Å². The van der Waals surface area contributed by atoms with Gasteiger partial charge in [-0.15, -0.1) is 0 Å². The van der Waals surface area contributed by atoms with Crippen LogP contribution in [0.1, 0.15) is 74.5 Å². The molecule has 0 saturated carbocycles. The number of primary amides is 1. The lowest BCUT2D eigenvalue weighted by atomic mass is 9.85. The number of Topliss-reactive ketones (excluding diaryl/α,β-unsaturated/α-hetero) is 1. The summed E-state index contributed by atoms with van der Waals surface area (Å²) < 4.78 is 11.2. The van der Waals surface area contributed by atoms with E-state index in [4.69, 9.17) is 15.2 Å². The van der Waals surface area contributed by atoms with Crippen molar-refractivity contribution in [1.82, 2.24) is 15.5 Å². The first-order valence-corrected chi connectivity index (χ1v) is 20.9. The number of hydrogen-bond donors (Lipinski definition) is 4. The van der Waals surface area contributed by atoms with Crippen molar-refractivity contribution in [1.29, 1.82) is 0 Å². The standard InChI is InChI=1S/C50H58N4O8/c1-31-24-40-44(53-49(59)39-22-20-38(21-23-39)30-54(28-36-16-9-7-10-17-36)29-37-18-11-8-12-19-37)42(55)27-41(46(40)57)52-48(58)33(3)15-13-14-32(2)47(62-50(51)60)35(5)26-34(4)45(56)43(25-31)61-6/h7-23,26-27,31-32,34,43,45,47,56H,24-25,28-30H2,1-6H3,(H2,51,60)(H,52,58)(H,53,59)/b14-13-,33-15+,35-26+/t31-,32+,34+,43+,45-,47-/m1/s1. The van der Waals surface area contributed by atoms with Gasteiger partial charge in [0.1, 0.15) is 6.10 Å². The molecule has 3 aromatic carbocycles. The number of hydrogen-bond acceptors (Lipinski definition) is 9. The molecule has 1 aliphatic heterocycles. The molecule has 1 heterocycles. The van der Waals surface area contributed by atoms with E-state index in [9.17, 15) is 29.1 Å². The van der Waals surface area contributed by atoms with Crippen LogP contribution in [-0.2, 0) is 43.5 Å². The Balaban J connectivity index is 1.41. The third-order valence-corrected chi connectivity index (χ3v) is 11.2. The molecule has 12 nitrogen and oxygen atoms in total. The molecule has 1 aliphatic carbocycles. The Morgan fingerprint density at radius 3 is 2.00 bits per heavy atom. The number of ether oxygens (including phenoxy) is 2. The Labute approximate surface area is 364 Å². The number of aliphatic hydroxyl groups excluding tert-OH is 1. The second-order valence-electron chi connectivity index (χ2n) is 16.4. The molecule has 5 N–H and O–H groups in total. The van der Waals surface area contributed by atoms with E-state index in [0.717, 1.165) is 24.7 Å². The molecule has 0 unspecified atom stereocenters. The van der Waals surface area contributed by atoms with E-state index in [2.05, 4.69) is 39.8 Å². The maximum absolute atomic E-state index is 14.2. The Morgan fingerprint density at radius 2 is 1.44 bits per heavy atom. The highest BCUT2D eigenvalue weighted by atomic mass is 16.6. The van der Waals surface area contributed by atoms with Gasteiger partial charge in [-0.1, -0.05) is 118 Å². The molecular weight excluding hydrogens is 785 g/mol. The minimum absolute atomic E-state index is 0.0183. The summed E-state index contributed by atoms with van der Waals surface area (Å²) in [5.41, 5.74) is 9.55. The molecule has 0 radical (unpaired) electrons. The van der Waals surface area contributed by atoms with E-state index in [1.54, 1.807) is 44.2 Å². The first-order chi connectivity index (χ1) is 29.6. The normalized spacial score (nSPS) is 25.2. The fourth-order valence-electron chi connectivity index (χ4n) is 7.84. The minimum Gasteiger partial charge on any atom is -0.441 e. The van der Waals surface area contributed by atoms with Crippen molar-refractivity contribution in [2.24, 2.45) is 23.5 Å². The number of carbonyl (C=O) groups is 5. The highest BCUT2D eigenvalue weighted by Crippen LogP contribution is 2.29. The number of methoxy groups -OCH3 is 1. The molecule has 2 aliphatic rings. The Morgan fingerprint density at radius 1 is 0.855 bits per heavy atom. The van der Waals surface area contributed by atoms with Crippen LogP contribution >= 0.6 is 0 Å². The maximum Gasteiger partial charge on any atom is 0.405 e. The first-order valence-electron chi connectivity index (χ1n) is 20.9. The van der Waals surface area contributed by atoms with E-state index >= 15 is 0 Å². The summed E-state index contributed by atoms with van der Waals surface area (Å²) in [4.78, 5) is 69.4. The Hall–Kier alpha value is -6.21. The number of nitrogens with zero attached hydrogens (tertiary/aromatic N) is 1. The number of ketones is 2. The molecule has 3 amide bonds. The molecule has 62 heavy (non-hydrogen) atoms. The molecule has 12 heteroatoms. The van der Waals surface area contributed by atoms with Crippen LogP contribution in [0.15, 0.2) is 143 Å². The monoisotopic (exact) mass is 842 g/mol. The summed E-state index contributed by atoms with van der Waals surface area (Å²) >= 11 is 0. The topological polar surface area (TPSA) is 177 Å². The largest absolute Gasteiger partial charge is 0.441 e. The van der Waals surface area contributed by atoms with Gasteiger partial charge in [0, 0.05) is 61.4 Å². The SMILES string of the molecule is CO[C@H]1C[C@H](C)CC2=C(NC(=O)c3ccc(CN(Cc4ccccc4)Cc4ccccc4)cc3)C(=O)C=C(NC(=O)/C(C)=C/C=C\[C@H](C)[C@@H](OC(N)=O)/C(C)=C/[C@H](C)[C@H]1O)C2=O. The van der Waals surface area contributed by atoms with Crippen molar-refractivity contribution in [2.45, 2.75) is 85.4 Å². The van der Waals surface area contributed by atoms with Gasteiger partial charge in [0.05, 0.1) is 23.6 Å². The smallest absolute Gasteiger partial charge is 0.405 e. The van der Waals surface area contributed by atoms with Gasteiger partial charge in [-0.2, -0.15) is 0 Å². The highest BCUT2D eigenvalue weighted by Gasteiger charge is 2.34. The van der Waals surface area contributed by atoms with Crippen LogP contribution in [0.3, 0.4) is 0 Å². The molecule has 5 rings (SSSR count). The average Bonchev–Trinajstić information content (AvgIpc) is 3.24. The van der Waals surface area contributed by atoms with E-state index in [-0.39, 0.29) is 47.2 Å². The third kappa shape index (κ3) is 12.9. The fourth-order valence-corrected chi connectivity index (χ4v) is 7.84. The molecular formula is C50H58N4O8. The zero-order valence-electron chi connectivity index (χ0n) is 36.3. The predicted molar refractivity (Wildman–Crippen MR) is 238 cm³/mol. The van der Waals surface area contributed by atoms with E-state index < -0.39 is 53.7 Å². The average molecular weight is 843 g/mol. The lowest BCUT2D eigenvalue weighted by molar-refractivity contribution is -0.120. The molecule has 2 bridgehead atoms. The Kier molecular flexibility index (Phi) is 16.7. The number of nitrogens with two attached hydrogens (primary N) is 1. The van der Waals surface area contributed by atoms with E-state index in [1.165, 1.54) is 24.3 Å². The lowest BCUT2D eigenvalue weighted by Gasteiger charge is -2.29. The second-order valence-corrected chi connectivity index (χ2v) is 16.4. The molecule has 6 atom stereocenters. The van der Waals surface area contributed by atoms with Crippen LogP contribution in [0.4, 0.5) is 4.79 Å².